The number of rotatable bonds is 6. The highest BCUT2D eigenvalue weighted by atomic mass is 16.6. The van der Waals surface area contributed by atoms with Crippen LogP contribution in [-0.2, 0) is 6.42 Å². The van der Waals surface area contributed by atoms with Gasteiger partial charge in [0.05, 0.1) is 29.0 Å². The molecular weight excluding hydrogens is 448 g/mol. The second-order valence-corrected chi connectivity index (χ2v) is 8.52. The van der Waals surface area contributed by atoms with E-state index in [1.807, 2.05) is 37.3 Å². The van der Waals surface area contributed by atoms with Gasteiger partial charge in [-0.25, -0.2) is 0 Å². The molecule has 0 bridgehead atoms. The number of hydrogen-bond donors (Lipinski definition) is 0. The zero-order chi connectivity index (χ0) is 24.7. The van der Waals surface area contributed by atoms with Gasteiger partial charge in [0.25, 0.3) is 11.6 Å². The van der Waals surface area contributed by atoms with Gasteiger partial charge in [-0.2, -0.15) is 0 Å². The van der Waals surface area contributed by atoms with E-state index in [2.05, 4.69) is 0 Å². The normalized spacial score (nSPS) is 14.9. The number of nitro benzene ring substituents is 1. The monoisotopic (exact) mass is 470 g/mol. The number of carbonyl (C=O) groups excluding carboxylic acids is 1. The summed E-state index contributed by atoms with van der Waals surface area (Å²) >= 11 is 0. The Labute approximate surface area is 200 Å². The molecule has 3 aromatic carbocycles. The van der Waals surface area contributed by atoms with Crippen molar-refractivity contribution in [1.29, 1.82) is 0 Å². The summed E-state index contributed by atoms with van der Waals surface area (Å²) in [5.41, 5.74) is 2.79. The third-order valence-corrected chi connectivity index (χ3v) is 6.34. The molecule has 1 aliphatic heterocycles. The van der Waals surface area contributed by atoms with Crippen molar-refractivity contribution in [2.24, 2.45) is 0 Å². The molecule has 4 aromatic rings. The maximum Gasteiger partial charge on any atom is 0.290 e. The first-order valence-electron chi connectivity index (χ1n) is 11.1. The molecule has 1 aromatic heterocycles. The van der Waals surface area contributed by atoms with Crippen molar-refractivity contribution in [3.63, 3.8) is 0 Å². The highest BCUT2D eigenvalue weighted by Crippen LogP contribution is 2.38. The van der Waals surface area contributed by atoms with Crippen molar-refractivity contribution in [2.75, 3.05) is 13.7 Å². The molecule has 0 saturated heterocycles. The summed E-state index contributed by atoms with van der Waals surface area (Å²) in [6, 6.07) is 18.1. The number of ether oxygens (including phenoxy) is 1. The molecule has 8 nitrogen and oxygen atoms in total. The summed E-state index contributed by atoms with van der Waals surface area (Å²) in [7, 11) is 1.60. The van der Waals surface area contributed by atoms with E-state index in [9.17, 15) is 19.7 Å². The SMILES string of the molecule is COc1ccc(CCN2C(=O)c3oc4ccc(C)cc4c(=O)c3C2c2ccc([N+](=O)[O-])cc2)cc1. The quantitative estimate of drug-likeness (QED) is 0.296. The van der Waals surface area contributed by atoms with E-state index >= 15 is 0 Å². The van der Waals surface area contributed by atoms with Gasteiger partial charge in [0.1, 0.15) is 11.3 Å². The van der Waals surface area contributed by atoms with Crippen LogP contribution in [0.4, 0.5) is 5.69 Å². The average molecular weight is 470 g/mol. The molecule has 35 heavy (non-hydrogen) atoms. The number of nitro groups is 1. The molecule has 0 fully saturated rings. The Hall–Kier alpha value is -4.46. The molecule has 1 atom stereocenters. The van der Waals surface area contributed by atoms with Crippen LogP contribution in [0.2, 0.25) is 0 Å². The minimum Gasteiger partial charge on any atom is -0.497 e. The fraction of sp³-hybridized carbons (Fsp3) is 0.185. The highest BCUT2D eigenvalue weighted by Gasteiger charge is 2.42. The number of aryl methyl sites for hydroxylation is 1. The Morgan fingerprint density at radius 3 is 2.40 bits per heavy atom. The van der Waals surface area contributed by atoms with Gasteiger partial charge in [-0.05, 0) is 60.9 Å². The van der Waals surface area contributed by atoms with Crippen LogP contribution >= 0.6 is 0 Å². The minimum atomic E-state index is -0.710. The summed E-state index contributed by atoms with van der Waals surface area (Å²) in [5, 5.41) is 11.6. The number of hydrogen-bond acceptors (Lipinski definition) is 6. The van der Waals surface area contributed by atoms with E-state index < -0.39 is 11.0 Å². The van der Waals surface area contributed by atoms with E-state index in [0.717, 1.165) is 16.9 Å². The molecule has 1 aliphatic rings. The number of non-ortho nitro benzene ring substituents is 1. The number of nitrogens with zero attached hydrogens (tertiary/aromatic N) is 2. The third-order valence-electron chi connectivity index (χ3n) is 6.34. The molecule has 0 spiro atoms. The molecule has 0 aliphatic carbocycles. The molecule has 8 heteroatoms. The van der Waals surface area contributed by atoms with Crippen molar-refractivity contribution in [3.8, 4) is 5.75 Å². The molecule has 176 valence electrons. The van der Waals surface area contributed by atoms with Crippen molar-refractivity contribution >= 4 is 22.6 Å². The van der Waals surface area contributed by atoms with Gasteiger partial charge < -0.3 is 14.1 Å². The second kappa shape index (κ2) is 8.72. The Morgan fingerprint density at radius 2 is 1.74 bits per heavy atom. The zero-order valence-corrected chi connectivity index (χ0v) is 19.2. The molecule has 0 N–H and O–H groups in total. The van der Waals surface area contributed by atoms with Gasteiger partial charge in [0.15, 0.2) is 5.43 Å². The summed E-state index contributed by atoms with van der Waals surface area (Å²) in [4.78, 5) is 39.4. The lowest BCUT2D eigenvalue weighted by atomic mass is 9.97. The number of carbonyl (C=O) groups is 1. The first-order valence-corrected chi connectivity index (χ1v) is 11.1. The van der Waals surface area contributed by atoms with Gasteiger partial charge in [-0.15, -0.1) is 0 Å². The standard InChI is InChI=1S/C27H22N2O6/c1-16-3-12-22-21(15-16)25(30)23-24(18-6-8-19(9-7-18)29(32)33)28(27(31)26(23)35-22)14-13-17-4-10-20(34-2)11-5-17/h3-12,15,24H,13-14H2,1-2H3. The van der Waals surface area contributed by atoms with E-state index in [-0.39, 0.29) is 28.3 Å². The Bertz CT molecular complexity index is 1510. The van der Waals surface area contributed by atoms with Crippen LogP contribution in [-0.4, -0.2) is 29.4 Å². The van der Waals surface area contributed by atoms with Crippen molar-refractivity contribution in [2.45, 2.75) is 19.4 Å². The predicted octanol–water partition coefficient (Wildman–Crippen LogP) is 4.81. The number of fused-ring (bicyclic) bond motifs is 2. The van der Waals surface area contributed by atoms with Crippen LogP contribution < -0.4 is 10.2 Å². The molecule has 0 saturated carbocycles. The van der Waals surface area contributed by atoms with Gasteiger partial charge in [-0.1, -0.05) is 23.8 Å². The van der Waals surface area contributed by atoms with Gasteiger partial charge >= 0.3 is 0 Å². The van der Waals surface area contributed by atoms with Crippen LogP contribution in [0.25, 0.3) is 11.0 Å². The minimum absolute atomic E-state index is 0.0180. The van der Waals surface area contributed by atoms with Gasteiger partial charge in [-0.3, -0.25) is 19.7 Å². The van der Waals surface area contributed by atoms with Crippen LogP contribution in [0.3, 0.4) is 0 Å². The lowest BCUT2D eigenvalue weighted by molar-refractivity contribution is -0.384. The van der Waals surface area contributed by atoms with Crippen molar-refractivity contribution in [3.05, 3.63) is 115 Å². The number of amides is 1. The third kappa shape index (κ3) is 3.93. The van der Waals surface area contributed by atoms with E-state index in [1.54, 1.807) is 36.3 Å². The van der Waals surface area contributed by atoms with E-state index in [1.165, 1.54) is 12.1 Å². The molecule has 1 amide bonds. The molecule has 0 radical (unpaired) electrons. The van der Waals surface area contributed by atoms with Crippen molar-refractivity contribution < 1.29 is 18.9 Å². The Morgan fingerprint density at radius 1 is 1.03 bits per heavy atom. The van der Waals surface area contributed by atoms with E-state index in [4.69, 9.17) is 9.15 Å². The van der Waals surface area contributed by atoms with Crippen LogP contribution in [0.15, 0.2) is 75.9 Å². The zero-order valence-electron chi connectivity index (χ0n) is 19.2. The molecule has 2 heterocycles. The highest BCUT2D eigenvalue weighted by molar-refractivity contribution is 5.99. The fourth-order valence-electron chi connectivity index (χ4n) is 4.53. The maximum atomic E-state index is 13.6. The number of benzene rings is 3. The second-order valence-electron chi connectivity index (χ2n) is 8.52. The Balaban J connectivity index is 1.60. The average Bonchev–Trinajstić information content (AvgIpc) is 3.15. The molecule has 5 rings (SSSR count). The summed E-state index contributed by atoms with van der Waals surface area (Å²) in [6.45, 7) is 2.21. The lowest BCUT2D eigenvalue weighted by Crippen LogP contribution is -2.31. The summed E-state index contributed by atoms with van der Waals surface area (Å²) < 4.78 is 11.2. The van der Waals surface area contributed by atoms with Crippen molar-refractivity contribution in [1.82, 2.24) is 4.90 Å². The fourth-order valence-corrected chi connectivity index (χ4v) is 4.53. The smallest absolute Gasteiger partial charge is 0.290 e. The first kappa shape index (κ1) is 22.3. The molecular formula is C27H22N2O6. The van der Waals surface area contributed by atoms with E-state index in [0.29, 0.717) is 29.5 Å². The topological polar surface area (TPSA) is 103 Å². The lowest BCUT2D eigenvalue weighted by Gasteiger charge is -2.25. The Kier molecular flexibility index (Phi) is 5.56. The maximum absolute atomic E-state index is 13.6. The summed E-state index contributed by atoms with van der Waals surface area (Å²) in [5.74, 6) is 0.375. The van der Waals surface area contributed by atoms with Crippen LogP contribution in [0.5, 0.6) is 5.75 Å². The largest absolute Gasteiger partial charge is 0.497 e. The molecule has 1 unspecified atom stereocenters. The van der Waals surface area contributed by atoms with Crippen LogP contribution in [0.1, 0.15) is 38.9 Å². The summed E-state index contributed by atoms with van der Waals surface area (Å²) in [6.07, 6.45) is 0.542. The number of methoxy groups -OCH3 is 1. The predicted molar refractivity (Wildman–Crippen MR) is 130 cm³/mol. The van der Waals surface area contributed by atoms with Gasteiger partial charge in [0, 0.05) is 18.7 Å². The van der Waals surface area contributed by atoms with Gasteiger partial charge in [0.2, 0.25) is 5.76 Å². The van der Waals surface area contributed by atoms with Crippen LogP contribution in [0, 0.1) is 17.0 Å². The first-order chi connectivity index (χ1) is 16.9.